The van der Waals surface area contributed by atoms with Crippen LogP contribution in [0, 0.1) is 6.92 Å². The highest BCUT2D eigenvalue weighted by Crippen LogP contribution is 2.24. The van der Waals surface area contributed by atoms with Crippen LogP contribution >= 0.6 is 28.1 Å². The molecule has 0 aliphatic rings. The fraction of sp³-hybridized carbons (Fsp3) is 0.143. The first-order valence-electron chi connectivity index (χ1n) is 5.80. The Morgan fingerprint density at radius 2 is 2.21 bits per heavy atom. The summed E-state index contributed by atoms with van der Waals surface area (Å²) >= 11 is 8.47. The van der Waals surface area contributed by atoms with Crippen molar-refractivity contribution in [3.63, 3.8) is 0 Å². The molecule has 5 heteroatoms. The number of rotatable bonds is 4. The van der Waals surface area contributed by atoms with Crippen molar-refractivity contribution in [1.29, 1.82) is 0 Å². The zero-order valence-corrected chi connectivity index (χ0v) is 12.9. The number of aromatic nitrogens is 1. The van der Waals surface area contributed by atoms with Crippen molar-refractivity contribution in [3.8, 4) is 0 Å². The summed E-state index contributed by atoms with van der Waals surface area (Å²) in [5, 5.41) is 3.38. The van der Waals surface area contributed by atoms with E-state index >= 15 is 0 Å². The molecule has 3 N–H and O–H groups in total. The van der Waals surface area contributed by atoms with Gasteiger partial charge in [-0.2, -0.15) is 0 Å². The molecule has 0 fully saturated rings. The average molecular weight is 336 g/mol. The summed E-state index contributed by atoms with van der Waals surface area (Å²) in [4.78, 5) is 4.48. The van der Waals surface area contributed by atoms with E-state index in [1.165, 1.54) is 11.1 Å². The lowest BCUT2D eigenvalue weighted by atomic mass is 10.1. The lowest BCUT2D eigenvalue weighted by molar-refractivity contribution is 1.09. The van der Waals surface area contributed by atoms with Crippen molar-refractivity contribution < 1.29 is 0 Å². The summed E-state index contributed by atoms with van der Waals surface area (Å²) in [5.74, 6) is 0. The van der Waals surface area contributed by atoms with Crippen LogP contribution in [0.25, 0.3) is 0 Å². The van der Waals surface area contributed by atoms with Crippen molar-refractivity contribution in [2.24, 2.45) is 5.73 Å². The molecule has 98 valence electrons. The molecule has 0 amide bonds. The highest BCUT2D eigenvalue weighted by atomic mass is 79.9. The van der Waals surface area contributed by atoms with Gasteiger partial charge in [-0.15, -0.1) is 0 Å². The Morgan fingerprint density at radius 3 is 2.84 bits per heavy atom. The van der Waals surface area contributed by atoms with Crippen LogP contribution in [0.5, 0.6) is 0 Å². The minimum atomic E-state index is 0.400. The van der Waals surface area contributed by atoms with Gasteiger partial charge in [0.2, 0.25) is 0 Å². The van der Waals surface area contributed by atoms with Gasteiger partial charge in [-0.05, 0) is 58.2 Å². The van der Waals surface area contributed by atoms with E-state index in [9.17, 15) is 0 Å². The van der Waals surface area contributed by atoms with Crippen LogP contribution < -0.4 is 11.1 Å². The lowest BCUT2D eigenvalue weighted by Gasteiger charge is -2.11. The fourth-order valence-electron chi connectivity index (χ4n) is 1.70. The number of halogens is 1. The molecule has 2 aromatic rings. The van der Waals surface area contributed by atoms with Crippen LogP contribution in [0.1, 0.15) is 16.7 Å². The first-order valence-corrected chi connectivity index (χ1v) is 7.01. The first kappa shape index (κ1) is 14.0. The number of nitrogens with one attached hydrogen (secondary N) is 1. The summed E-state index contributed by atoms with van der Waals surface area (Å²) < 4.78 is 0.949. The molecule has 0 saturated carbocycles. The zero-order valence-electron chi connectivity index (χ0n) is 10.5. The largest absolute Gasteiger partial charge is 0.389 e. The Labute approximate surface area is 126 Å². The Kier molecular flexibility index (Phi) is 4.50. The smallest absolute Gasteiger partial charge is 0.104 e. The molecule has 0 spiro atoms. The molecule has 2 rings (SSSR count). The van der Waals surface area contributed by atoms with Crippen molar-refractivity contribution in [2.45, 2.75) is 13.5 Å². The van der Waals surface area contributed by atoms with Gasteiger partial charge in [0.25, 0.3) is 0 Å². The number of anilines is 1. The fourth-order valence-corrected chi connectivity index (χ4v) is 2.35. The van der Waals surface area contributed by atoms with E-state index in [2.05, 4.69) is 33.2 Å². The van der Waals surface area contributed by atoms with Gasteiger partial charge in [0.15, 0.2) is 0 Å². The lowest BCUT2D eigenvalue weighted by Crippen LogP contribution is -2.09. The molecular weight excluding hydrogens is 322 g/mol. The van der Waals surface area contributed by atoms with Crippen molar-refractivity contribution in [3.05, 3.63) is 57.8 Å². The third-order valence-electron chi connectivity index (χ3n) is 2.86. The molecule has 1 aromatic heterocycles. The first-order chi connectivity index (χ1) is 9.08. The molecule has 0 saturated heterocycles. The highest BCUT2D eigenvalue weighted by molar-refractivity contribution is 9.10. The van der Waals surface area contributed by atoms with Gasteiger partial charge in [-0.3, -0.25) is 4.98 Å². The van der Waals surface area contributed by atoms with Gasteiger partial charge in [-0.25, -0.2) is 0 Å². The molecule has 0 aliphatic heterocycles. The number of nitrogens with zero attached hydrogens (tertiary/aromatic N) is 1. The summed E-state index contributed by atoms with van der Waals surface area (Å²) in [6.45, 7) is 2.80. The Bertz CT molecular complexity index is 613. The van der Waals surface area contributed by atoms with Crippen LogP contribution in [0.2, 0.25) is 0 Å². The van der Waals surface area contributed by atoms with Crippen molar-refractivity contribution in [2.75, 3.05) is 5.32 Å². The van der Waals surface area contributed by atoms with Crippen LogP contribution in [-0.2, 0) is 6.54 Å². The monoisotopic (exact) mass is 335 g/mol. The maximum absolute atomic E-state index is 5.60. The molecule has 1 heterocycles. The Hall–Kier alpha value is -1.46. The predicted octanol–water partition coefficient (Wildman–Crippen LogP) is 3.40. The van der Waals surface area contributed by atoms with Gasteiger partial charge in [-0.1, -0.05) is 12.2 Å². The molecule has 1 aromatic carbocycles. The van der Waals surface area contributed by atoms with Crippen LogP contribution in [0.3, 0.4) is 0 Å². The van der Waals surface area contributed by atoms with E-state index in [4.69, 9.17) is 18.0 Å². The van der Waals surface area contributed by atoms with Gasteiger partial charge in [0.1, 0.15) is 4.99 Å². The third kappa shape index (κ3) is 3.52. The minimum absolute atomic E-state index is 0.400. The number of nitrogens with two attached hydrogens (primary N) is 1. The number of benzene rings is 1. The second-order valence-electron chi connectivity index (χ2n) is 4.21. The quantitative estimate of drug-likeness (QED) is 0.841. The number of hydrogen-bond donors (Lipinski definition) is 2. The van der Waals surface area contributed by atoms with E-state index in [-0.39, 0.29) is 0 Å². The molecule has 0 bridgehead atoms. The highest BCUT2D eigenvalue weighted by Gasteiger charge is 2.04. The van der Waals surface area contributed by atoms with Gasteiger partial charge in [0.05, 0.1) is 0 Å². The average Bonchev–Trinajstić information content (AvgIpc) is 2.39. The molecule has 0 atom stereocenters. The van der Waals surface area contributed by atoms with Crippen molar-refractivity contribution in [1.82, 2.24) is 4.98 Å². The summed E-state index contributed by atoms with van der Waals surface area (Å²) in [6.07, 6.45) is 3.66. The standard InChI is InChI=1S/C14H14BrN3S/c1-9-7-17-5-4-11(9)8-18-13-3-2-10(14(16)19)6-12(13)15/h2-7,18H,8H2,1H3,(H2,16,19). The van der Waals surface area contributed by atoms with Gasteiger partial charge < -0.3 is 11.1 Å². The molecule has 3 nitrogen and oxygen atoms in total. The van der Waals surface area contributed by atoms with Crippen LogP contribution in [-0.4, -0.2) is 9.97 Å². The Morgan fingerprint density at radius 1 is 1.42 bits per heavy atom. The summed E-state index contributed by atoms with van der Waals surface area (Å²) in [5.41, 5.74) is 9.86. The minimum Gasteiger partial charge on any atom is -0.389 e. The predicted molar refractivity (Wildman–Crippen MR) is 86.3 cm³/mol. The number of aryl methyl sites for hydroxylation is 1. The summed E-state index contributed by atoms with van der Waals surface area (Å²) in [6, 6.07) is 7.81. The Balaban J connectivity index is 2.12. The van der Waals surface area contributed by atoms with E-state index in [0.29, 0.717) is 4.99 Å². The van der Waals surface area contributed by atoms with Gasteiger partial charge in [0, 0.05) is 34.7 Å². The summed E-state index contributed by atoms with van der Waals surface area (Å²) in [7, 11) is 0. The second-order valence-corrected chi connectivity index (χ2v) is 5.51. The van der Waals surface area contributed by atoms with Crippen molar-refractivity contribution >= 4 is 38.8 Å². The SMILES string of the molecule is Cc1cnccc1CNc1ccc(C(N)=S)cc1Br. The molecule has 0 unspecified atom stereocenters. The molecule has 0 aliphatic carbocycles. The van der Waals surface area contributed by atoms with E-state index in [1.54, 1.807) is 6.20 Å². The molecule has 0 radical (unpaired) electrons. The normalized spacial score (nSPS) is 10.2. The number of pyridine rings is 1. The van der Waals surface area contributed by atoms with E-state index in [1.807, 2.05) is 30.5 Å². The number of hydrogen-bond acceptors (Lipinski definition) is 3. The molecular formula is C14H14BrN3S. The van der Waals surface area contributed by atoms with Crippen LogP contribution in [0.4, 0.5) is 5.69 Å². The number of thiocarbonyl (C=S) groups is 1. The maximum Gasteiger partial charge on any atom is 0.104 e. The van der Waals surface area contributed by atoms with E-state index in [0.717, 1.165) is 22.3 Å². The van der Waals surface area contributed by atoms with Gasteiger partial charge >= 0.3 is 0 Å². The van der Waals surface area contributed by atoms with Crippen LogP contribution in [0.15, 0.2) is 41.1 Å². The third-order valence-corrected chi connectivity index (χ3v) is 3.75. The maximum atomic E-state index is 5.60. The zero-order chi connectivity index (χ0) is 13.8. The second kappa shape index (κ2) is 6.12. The van der Waals surface area contributed by atoms with E-state index < -0.39 is 0 Å². The molecule has 19 heavy (non-hydrogen) atoms. The topological polar surface area (TPSA) is 50.9 Å².